The number of benzene rings is 1. The Morgan fingerprint density at radius 3 is 2.23 bits per heavy atom. The van der Waals surface area contributed by atoms with E-state index in [4.69, 9.17) is 0 Å². The molecule has 0 saturated heterocycles. The maximum Gasteiger partial charge on any atom is 0.348 e. The summed E-state index contributed by atoms with van der Waals surface area (Å²) >= 11 is 0.990. The van der Waals surface area contributed by atoms with Gasteiger partial charge in [0.05, 0.1) is 5.69 Å². The van der Waals surface area contributed by atoms with Gasteiger partial charge in [-0.15, -0.1) is 11.3 Å². The maximum atomic E-state index is 12.5. The minimum absolute atomic E-state index is 0.0613. The number of rotatable bonds is 4. The van der Waals surface area contributed by atoms with Gasteiger partial charge in [-0.3, -0.25) is 9.52 Å². The zero-order chi connectivity index (χ0) is 19.9. The molecule has 0 bridgehead atoms. The van der Waals surface area contributed by atoms with Crippen LogP contribution in [0.25, 0.3) is 0 Å². The van der Waals surface area contributed by atoms with Crippen LogP contribution in [-0.4, -0.2) is 24.6 Å². The van der Waals surface area contributed by atoms with Gasteiger partial charge in [-0.05, 0) is 37.0 Å². The number of carbonyl (C=O) groups excluding carboxylic acids is 1. The molecule has 0 unspecified atom stereocenters. The quantitative estimate of drug-likeness (QED) is 0.816. The number of aromatic carboxylic acids is 1. The molecule has 0 atom stereocenters. The Labute approximate surface area is 156 Å². The molecule has 0 aliphatic rings. The number of hydrogen-bond acceptors (Lipinski definition) is 5. The van der Waals surface area contributed by atoms with Crippen LogP contribution in [0.1, 0.15) is 56.8 Å². The van der Waals surface area contributed by atoms with E-state index < -0.39 is 21.1 Å². The van der Waals surface area contributed by atoms with Crippen molar-refractivity contribution in [1.82, 2.24) is 0 Å². The zero-order valence-corrected chi connectivity index (χ0v) is 16.8. The van der Waals surface area contributed by atoms with Crippen LogP contribution in [0.2, 0.25) is 0 Å². The first kappa shape index (κ1) is 20.1. The van der Waals surface area contributed by atoms with Crippen molar-refractivity contribution in [3.05, 3.63) is 50.7 Å². The highest BCUT2D eigenvalue weighted by Crippen LogP contribution is 2.36. The second kappa shape index (κ2) is 6.85. The Bertz CT molecular complexity index is 981. The largest absolute Gasteiger partial charge is 0.477 e. The topological polar surface area (TPSA) is 101 Å². The van der Waals surface area contributed by atoms with Crippen LogP contribution in [-0.2, 0) is 15.4 Å². The third-order valence-electron chi connectivity index (χ3n) is 3.76. The summed E-state index contributed by atoms with van der Waals surface area (Å²) in [6.07, 6.45) is 0. The monoisotopic (exact) mass is 395 g/mol. The molecular formula is C18H21NO5S2. The minimum atomic E-state index is -4.44. The lowest BCUT2D eigenvalue weighted by molar-refractivity contribution is 0.0703. The summed E-state index contributed by atoms with van der Waals surface area (Å²) < 4.78 is 27.2. The van der Waals surface area contributed by atoms with Crippen molar-refractivity contribution in [2.45, 2.75) is 40.0 Å². The predicted octanol–water partition coefficient (Wildman–Crippen LogP) is 3.94. The number of sulfonamides is 1. The molecule has 2 N–H and O–H groups in total. The first-order chi connectivity index (χ1) is 11.8. The number of anilines is 1. The van der Waals surface area contributed by atoms with Gasteiger partial charge in [-0.2, -0.15) is 8.42 Å². The highest BCUT2D eigenvalue weighted by molar-refractivity contribution is 8.07. The predicted molar refractivity (Wildman–Crippen MR) is 103 cm³/mol. The summed E-state index contributed by atoms with van der Waals surface area (Å²) in [4.78, 5) is 24.5. The molecule has 0 saturated carbocycles. The smallest absolute Gasteiger partial charge is 0.348 e. The van der Waals surface area contributed by atoms with Crippen LogP contribution < -0.4 is 4.72 Å². The summed E-state index contributed by atoms with van der Waals surface area (Å²) in [7, 11) is -4.44. The number of carboxylic acids is 1. The van der Waals surface area contributed by atoms with Gasteiger partial charge in [0.2, 0.25) is 0 Å². The molecule has 8 heteroatoms. The van der Waals surface area contributed by atoms with E-state index in [9.17, 15) is 23.1 Å². The number of thiophene rings is 1. The van der Waals surface area contributed by atoms with Crippen LogP contribution in [0.3, 0.4) is 0 Å². The standard InChI is InChI=1S/C18H21NO5S2/c1-10-6-7-12(11(2)8-10)17(22)26(23,24)19-13-9-14(18(3,4)5)25-15(13)16(20)21/h6-9,19H,1-5H3,(H,20,21). The molecule has 0 amide bonds. The zero-order valence-electron chi connectivity index (χ0n) is 15.2. The third kappa shape index (κ3) is 4.13. The molecular weight excluding hydrogens is 374 g/mol. The number of nitrogens with one attached hydrogen (secondary N) is 1. The van der Waals surface area contributed by atoms with Gasteiger partial charge in [0.25, 0.3) is 5.12 Å². The SMILES string of the molecule is Cc1ccc(C(=O)S(=O)(=O)Nc2cc(C(C)(C)C)sc2C(=O)O)c(C)c1. The van der Waals surface area contributed by atoms with Crippen LogP contribution in [0.4, 0.5) is 5.69 Å². The van der Waals surface area contributed by atoms with Gasteiger partial charge in [0, 0.05) is 10.4 Å². The van der Waals surface area contributed by atoms with Crippen molar-refractivity contribution >= 4 is 38.1 Å². The van der Waals surface area contributed by atoms with Gasteiger partial charge < -0.3 is 5.11 Å². The molecule has 140 valence electrons. The molecule has 0 radical (unpaired) electrons. The van der Waals surface area contributed by atoms with E-state index in [-0.39, 0.29) is 21.5 Å². The molecule has 1 heterocycles. The second-order valence-corrected chi connectivity index (χ2v) is 9.75. The lowest BCUT2D eigenvalue weighted by atomic mass is 9.95. The highest BCUT2D eigenvalue weighted by Gasteiger charge is 2.30. The van der Waals surface area contributed by atoms with Crippen molar-refractivity contribution in [2.75, 3.05) is 4.72 Å². The van der Waals surface area contributed by atoms with E-state index in [2.05, 4.69) is 4.72 Å². The Kier molecular flexibility index (Phi) is 5.30. The van der Waals surface area contributed by atoms with E-state index in [1.807, 2.05) is 27.7 Å². The molecule has 0 fully saturated rings. The molecule has 1 aromatic carbocycles. The molecule has 26 heavy (non-hydrogen) atoms. The molecule has 0 spiro atoms. The van der Waals surface area contributed by atoms with Crippen molar-refractivity contribution in [3.8, 4) is 0 Å². The normalized spacial score (nSPS) is 12.0. The summed E-state index contributed by atoms with van der Waals surface area (Å²) in [5.41, 5.74) is 1.07. The average Bonchev–Trinajstić information content (AvgIpc) is 2.90. The van der Waals surface area contributed by atoms with Gasteiger partial charge >= 0.3 is 16.0 Å². The molecule has 1 aromatic heterocycles. The van der Waals surface area contributed by atoms with Gasteiger partial charge in [-0.1, -0.05) is 38.5 Å². The van der Waals surface area contributed by atoms with Crippen LogP contribution in [0.5, 0.6) is 0 Å². The van der Waals surface area contributed by atoms with Crippen molar-refractivity contribution in [1.29, 1.82) is 0 Å². The van der Waals surface area contributed by atoms with Gasteiger partial charge in [0.15, 0.2) is 0 Å². The number of carboxylic acid groups (broad SMARTS) is 1. The molecule has 0 aliphatic carbocycles. The fraction of sp³-hybridized carbons (Fsp3) is 0.333. The van der Waals surface area contributed by atoms with E-state index in [1.165, 1.54) is 12.1 Å². The van der Waals surface area contributed by atoms with E-state index in [1.54, 1.807) is 19.1 Å². The number of aryl methyl sites for hydroxylation is 2. The fourth-order valence-corrected chi connectivity index (χ4v) is 4.51. The lowest BCUT2D eigenvalue weighted by Gasteiger charge is -2.15. The van der Waals surface area contributed by atoms with Crippen LogP contribution in [0.15, 0.2) is 24.3 Å². The maximum absolute atomic E-state index is 12.5. The minimum Gasteiger partial charge on any atom is -0.477 e. The van der Waals surface area contributed by atoms with Gasteiger partial charge in [-0.25, -0.2) is 4.79 Å². The number of carbonyl (C=O) groups is 2. The van der Waals surface area contributed by atoms with Crippen molar-refractivity contribution in [2.24, 2.45) is 0 Å². The van der Waals surface area contributed by atoms with Crippen LogP contribution in [0, 0.1) is 13.8 Å². The van der Waals surface area contributed by atoms with Gasteiger partial charge in [0.1, 0.15) is 4.88 Å². The fourth-order valence-electron chi connectivity index (χ4n) is 2.37. The third-order valence-corrected chi connectivity index (χ3v) is 6.50. The second-order valence-electron chi connectivity index (χ2n) is 7.12. The Morgan fingerprint density at radius 2 is 1.73 bits per heavy atom. The summed E-state index contributed by atoms with van der Waals surface area (Å²) in [5, 5.41) is 8.27. The average molecular weight is 396 g/mol. The summed E-state index contributed by atoms with van der Waals surface area (Å²) in [6.45, 7) is 9.17. The van der Waals surface area contributed by atoms with Crippen molar-refractivity contribution in [3.63, 3.8) is 0 Å². The Morgan fingerprint density at radius 1 is 1.12 bits per heavy atom. The van der Waals surface area contributed by atoms with E-state index in [0.29, 0.717) is 10.4 Å². The van der Waals surface area contributed by atoms with Crippen molar-refractivity contribution < 1.29 is 23.1 Å². The first-order valence-corrected chi connectivity index (χ1v) is 10.1. The summed E-state index contributed by atoms with van der Waals surface area (Å²) in [6, 6.07) is 6.30. The highest BCUT2D eigenvalue weighted by atomic mass is 32.2. The number of hydrogen-bond donors (Lipinski definition) is 2. The lowest BCUT2D eigenvalue weighted by Crippen LogP contribution is -2.24. The van der Waals surface area contributed by atoms with E-state index in [0.717, 1.165) is 16.9 Å². The molecule has 2 aromatic rings. The Hall–Kier alpha value is -2.19. The van der Waals surface area contributed by atoms with Crippen LogP contribution >= 0.6 is 11.3 Å². The van der Waals surface area contributed by atoms with E-state index >= 15 is 0 Å². The molecule has 2 rings (SSSR count). The summed E-state index contributed by atoms with van der Waals surface area (Å²) in [5.74, 6) is -1.25. The first-order valence-electron chi connectivity index (χ1n) is 7.85. The molecule has 0 aliphatic heterocycles. The molecule has 6 nitrogen and oxygen atoms in total. The Balaban J connectivity index is 2.44.